The summed E-state index contributed by atoms with van der Waals surface area (Å²) >= 11 is 0. The smallest absolute Gasteiger partial charge is 0.243 e. The molecular weight excluding hydrogens is 192 g/mol. The predicted molar refractivity (Wildman–Crippen MR) is 59.6 cm³/mol. The van der Waals surface area contributed by atoms with Crippen molar-refractivity contribution < 1.29 is 9.90 Å². The van der Waals surface area contributed by atoms with Gasteiger partial charge in [0.05, 0.1) is 12.1 Å². The highest BCUT2D eigenvalue weighted by atomic mass is 16.3. The fourth-order valence-electron chi connectivity index (χ4n) is 2.37. The van der Waals surface area contributed by atoms with Crippen molar-refractivity contribution in [1.82, 2.24) is 10.2 Å². The monoisotopic (exact) mass is 214 g/mol. The van der Waals surface area contributed by atoms with E-state index in [1.54, 1.807) is 0 Å². The second kappa shape index (κ2) is 3.76. The van der Waals surface area contributed by atoms with Crippen LogP contribution in [0.1, 0.15) is 34.6 Å². The van der Waals surface area contributed by atoms with E-state index in [0.29, 0.717) is 6.54 Å². The van der Waals surface area contributed by atoms with Crippen LogP contribution in [0.25, 0.3) is 0 Å². The Hall–Kier alpha value is -0.610. The van der Waals surface area contributed by atoms with Crippen LogP contribution in [0, 0.1) is 0 Å². The van der Waals surface area contributed by atoms with E-state index >= 15 is 0 Å². The molecule has 15 heavy (non-hydrogen) atoms. The van der Waals surface area contributed by atoms with Gasteiger partial charge in [0.15, 0.2) is 0 Å². The fourth-order valence-corrected chi connectivity index (χ4v) is 2.37. The molecule has 1 saturated heterocycles. The average Bonchev–Trinajstić information content (AvgIpc) is 2.00. The van der Waals surface area contributed by atoms with Crippen LogP contribution in [-0.4, -0.2) is 46.2 Å². The third-order valence-electron chi connectivity index (χ3n) is 2.76. The molecule has 0 radical (unpaired) electrons. The van der Waals surface area contributed by atoms with Gasteiger partial charge < -0.3 is 15.3 Å². The maximum atomic E-state index is 12.1. The standard InChI is InChI=1S/C11H22N2O2/c1-10(2,3)13-9(15)8(6-14)12-7-11(13,4)5/h8,12,14H,6-7H2,1-5H3. The number of amides is 1. The van der Waals surface area contributed by atoms with Gasteiger partial charge in [0.25, 0.3) is 0 Å². The normalized spacial score (nSPS) is 26.9. The van der Waals surface area contributed by atoms with Crippen molar-refractivity contribution in [2.45, 2.75) is 51.7 Å². The van der Waals surface area contributed by atoms with E-state index in [0.717, 1.165) is 0 Å². The number of piperazine rings is 1. The number of aliphatic hydroxyl groups is 1. The van der Waals surface area contributed by atoms with Crippen LogP contribution >= 0.6 is 0 Å². The molecule has 1 aliphatic rings. The second-order valence-electron chi connectivity index (χ2n) is 5.77. The largest absolute Gasteiger partial charge is 0.394 e. The van der Waals surface area contributed by atoms with Gasteiger partial charge in [-0.2, -0.15) is 0 Å². The molecule has 4 heteroatoms. The van der Waals surface area contributed by atoms with Crippen molar-refractivity contribution in [3.05, 3.63) is 0 Å². The minimum absolute atomic E-state index is 0.0127. The van der Waals surface area contributed by atoms with E-state index in [-0.39, 0.29) is 23.6 Å². The fraction of sp³-hybridized carbons (Fsp3) is 0.909. The van der Waals surface area contributed by atoms with Gasteiger partial charge >= 0.3 is 0 Å². The van der Waals surface area contributed by atoms with E-state index < -0.39 is 6.04 Å². The van der Waals surface area contributed by atoms with Gasteiger partial charge in [0.1, 0.15) is 6.04 Å². The average molecular weight is 214 g/mol. The zero-order valence-corrected chi connectivity index (χ0v) is 10.3. The second-order valence-corrected chi connectivity index (χ2v) is 5.77. The van der Waals surface area contributed by atoms with Gasteiger partial charge in [0, 0.05) is 12.1 Å². The highest BCUT2D eigenvalue weighted by Crippen LogP contribution is 2.28. The lowest BCUT2D eigenvalue weighted by Gasteiger charge is -2.52. The van der Waals surface area contributed by atoms with E-state index in [9.17, 15) is 4.79 Å². The molecule has 0 saturated carbocycles. The Balaban J connectivity index is 3.00. The number of hydrogen-bond acceptors (Lipinski definition) is 3. The van der Waals surface area contributed by atoms with Gasteiger partial charge in [-0.3, -0.25) is 4.79 Å². The third kappa shape index (κ3) is 2.32. The number of carbonyl (C=O) groups is 1. The summed E-state index contributed by atoms with van der Waals surface area (Å²) in [4.78, 5) is 14.0. The molecule has 0 aromatic rings. The summed E-state index contributed by atoms with van der Waals surface area (Å²) in [6.07, 6.45) is 0. The van der Waals surface area contributed by atoms with E-state index in [1.807, 2.05) is 39.5 Å². The lowest BCUT2D eigenvalue weighted by atomic mass is 9.90. The molecule has 0 aliphatic carbocycles. The third-order valence-corrected chi connectivity index (χ3v) is 2.76. The maximum Gasteiger partial charge on any atom is 0.243 e. The van der Waals surface area contributed by atoms with E-state index in [4.69, 9.17) is 5.11 Å². The lowest BCUT2D eigenvalue weighted by molar-refractivity contribution is -0.151. The van der Waals surface area contributed by atoms with Gasteiger partial charge in [0.2, 0.25) is 5.91 Å². The molecule has 1 unspecified atom stereocenters. The van der Waals surface area contributed by atoms with Crippen LogP contribution in [0.5, 0.6) is 0 Å². The van der Waals surface area contributed by atoms with Crippen molar-refractivity contribution in [2.75, 3.05) is 13.2 Å². The quantitative estimate of drug-likeness (QED) is 0.662. The molecule has 0 bridgehead atoms. The molecule has 0 spiro atoms. The summed E-state index contributed by atoms with van der Waals surface area (Å²) in [5.41, 5.74) is -0.420. The summed E-state index contributed by atoms with van der Waals surface area (Å²) in [6, 6.07) is -0.447. The lowest BCUT2D eigenvalue weighted by Crippen LogP contribution is -2.70. The van der Waals surface area contributed by atoms with E-state index in [2.05, 4.69) is 5.32 Å². The summed E-state index contributed by atoms with van der Waals surface area (Å²) in [6.45, 7) is 10.7. The first-order chi connectivity index (χ1) is 6.70. The van der Waals surface area contributed by atoms with Crippen molar-refractivity contribution in [1.29, 1.82) is 0 Å². The summed E-state index contributed by atoms with van der Waals surface area (Å²) in [7, 11) is 0. The Morgan fingerprint density at radius 1 is 1.53 bits per heavy atom. The summed E-state index contributed by atoms with van der Waals surface area (Å²) in [5.74, 6) is -0.0127. The van der Waals surface area contributed by atoms with Crippen LogP contribution < -0.4 is 5.32 Å². The highest BCUT2D eigenvalue weighted by Gasteiger charge is 2.44. The number of rotatable bonds is 1. The topological polar surface area (TPSA) is 52.6 Å². The molecule has 1 rings (SSSR count). The summed E-state index contributed by atoms with van der Waals surface area (Å²) < 4.78 is 0. The van der Waals surface area contributed by atoms with Crippen LogP contribution in [0.2, 0.25) is 0 Å². The molecule has 4 nitrogen and oxygen atoms in total. The minimum Gasteiger partial charge on any atom is -0.394 e. The number of aliphatic hydroxyl groups excluding tert-OH is 1. The molecule has 88 valence electrons. The molecule has 1 aliphatic heterocycles. The van der Waals surface area contributed by atoms with Crippen LogP contribution in [0.15, 0.2) is 0 Å². The predicted octanol–water partition coefficient (Wildman–Crippen LogP) is 0.356. The van der Waals surface area contributed by atoms with Crippen molar-refractivity contribution >= 4 is 5.91 Å². The van der Waals surface area contributed by atoms with E-state index in [1.165, 1.54) is 0 Å². The van der Waals surface area contributed by atoms with Crippen molar-refractivity contribution in [2.24, 2.45) is 0 Å². The Kier molecular flexibility index (Phi) is 3.12. The highest BCUT2D eigenvalue weighted by molar-refractivity contribution is 5.84. The molecule has 0 aromatic carbocycles. The van der Waals surface area contributed by atoms with Gasteiger partial charge in [-0.05, 0) is 34.6 Å². The molecule has 1 amide bonds. The van der Waals surface area contributed by atoms with Crippen molar-refractivity contribution in [3.8, 4) is 0 Å². The number of nitrogens with one attached hydrogen (secondary N) is 1. The molecule has 1 atom stereocenters. The zero-order chi connectivity index (χ0) is 11.9. The van der Waals surface area contributed by atoms with Crippen LogP contribution in [0.4, 0.5) is 0 Å². The first kappa shape index (κ1) is 12.5. The molecule has 0 aromatic heterocycles. The summed E-state index contributed by atoms with van der Waals surface area (Å²) in [5, 5.41) is 12.2. The molecule has 1 fully saturated rings. The minimum atomic E-state index is -0.447. The molecular formula is C11H22N2O2. The number of hydrogen-bond donors (Lipinski definition) is 2. The van der Waals surface area contributed by atoms with Crippen LogP contribution in [0.3, 0.4) is 0 Å². The maximum absolute atomic E-state index is 12.1. The Bertz CT molecular complexity index is 256. The first-order valence-corrected chi connectivity index (χ1v) is 5.38. The Morgan fingerprint density at radius 3 is 2.47 bits per heavy atom. The Labute approximate surface area is 91.6 Å². The zero-order valence-electron chi connectivity index (χ0n) is 10.3. The SMILES string of the molecule is CC(C)(C)N1C(=O)C(CO)NCC1(C)C. The number of carbonyl (C=O) groups excluding carboxylic acids is 1. The van der Waals surface area contributed by atoms with Gasteiger partial charge in [-0.1, -0.05) is 0 Å². The first-order valence-electron chi connectivity index (χ1n) is 5.38. The van der Waals surface area contributed by atoms with Crippen LogP contribution in [-0.2, 0) is 4.79 Å². The molecule has 1 heterocycles. The Morgan fingerprint density at radius 2 is 2.07 bits per heavy atom. The van der Waals surface area contributed by atoms with Crippen molar-refractivity contribution in [3.63, 3.8) is 0 Å². The molecule has 2 N–H and O–H groups in total. The van der Waals surface area contributed by atoms with Gasteiger partial charge in [-0.15, -0.1) is 0 Å². The number of nitrogens with zero attached hydrogens (tertiary/aromatic N) is 1. The van der Waals surface area contributed by atoms with Gasteiger partial charge in [-0.25, -0.2) is 0 Å².